The van der Waals surface area contributed by atoms with E-state index in [0.717, 1.165) is 0 Å². The number of aliphatic carboxylic acids is 1. The van der Waals surface area contributed by atoms with Gasteiger partial charge in [-0.25, -0.2) is 0 Å². The second-order valence-electron chi connectivity index (χ2n) is 3.37. The van der Waals surface area contributed by atoms with E-state index in [9.17, 15) is 18.0 Å². The van der Waals surface area contributed by atoms with Crippen molar-refractivity contribution in [1.29, 1.82) is 0 Å². The van der Waals surface area contributed by atoms with E-state index in [1.807, 2.05) is 0 Å². The standard InChI is InChI=1S/C8H14F3NO2/c1-5(7(13)14)4-12-6(2)3-8(9,10)11/h5-6,12H,3-4H2,1-2H3,(H,13,14). The van der Waals surface area contributed by atoms with Crippen molar-refractivity contribution in [1.82, 2.24) is 5.32 Å². The lowest BCUT2D eigenvalue weighted by atomic mass is 10.1. The first-order valence-corrected chi connectivity index (χ1v) is 4.25. The summed E-state index contributed by atoms with van der Waals surface area (Å²) in [6, 6.07) is -0.753. The highest BCUT2D eigenvalue weighted by molar-refractivity contribution is 5.69. The first-order chi connectivity index (χ1) is 6.22. The van der Waals surface area contributed by atoms with Gasteiger partial charge in [0, 0.05) is 12.6 Å². The van der Waals surface area contributed by atoms with Crippen LogP contribution in [0, 0.1) is 5.92 Å². The molecule has 0 amide bonds. The number of rotatable bonds is 5. The quantitative estimate of drug-likeness (QED) is 0.729. The minimum absolute atomic E-state index is 0.0482. The van der Waals surface area contributed by atoms with Crippen LogP contribution < -0.4 is 5.32 Å². The molecule has 0 aliphatic rings. The molecule has 0 aliphatic heterocycles. The lowest BCUT2D eigenvalue weighted by Gasteiger charge is -2.17. The van der Waals surface area contributed by atoms with Crippen LogP contribution in [0.25, 0.3) is 0 Å². The Bertz CT molecular complexity index is 194. The molecule has 0 heterocycles. The van der Waals surface area contributed by atoms with Gasteiger partial charge in [0.2, 0.25) is 0 Å². The lowest BCUT2D eigenvalue weighted by Crippen LogP contribution is -2.36. The van der Waals surface area contributed by atoms with E-state index >= 15 is 0 Å². The summed E-state index contributed by atoms with van der Waals surface area (Å²) in [6.45, 7) is 2.87. The number of alkyl halides is 3. The van der Waals surface area contributed by atoms with Crippen molar-refractivity contribution in [3.05, 3.63) is 0 Å². The van der Waals surface area contributed by atoms with Gasteiger partial charge in [-0.05, 0) is 6.92 Å². The van der Waals surface area contributed by atoms with Gasteiger partial charge in [0.05, 0.1) is 12.3 Å². The highest BCUT2D eigenvalue weighted by Crippen LogP contribution is 2.21. The first kappa shape index (κ1) is 13.2. The molecule has 0 spiro atoms. The van der Waals surface area contributed by atoms with Crippen molar-refractivity contribution in [2.45, 2.75) is 32.5 Å². The van der Waals surface area contributed by atoms with E-state index < -0.39 is 30.5 Å². The first-order valence-electron chi connectivity index (χ1n) is 4.25. The zero-order chi connectivity index (χ0) is 11.4. The van der Waals surface area contributed by atoms with Gasteiger partial charge in [0.1, 0.15) is 0 Å². The Hall–Kier alpha value is -0.780. The molecule has 2 unspecified atom stereocenters. The Morgan fingerprint density at radius 1 is 1.43 bits per heavy atom. The predicted molar refractivity (Wildman–Crippen MR) is 44.9 cm³/mol. The molecular formula is C8H14F3NO2. The van der Waals surface area contributed by atoms with Crippen LogP contribution in [0.5, 0.6) is 0 Å². The molecule has 0 aromatic rings. The number of hydrogen-bond acceptors (Lipinski definition) is 2. The fourth-order valence-corrected chi connectivity index (χ4v) is 0.885. The van der Waals surface area contributed by atoms with E-state index in [1.54, 1.807) is 0 Å². The monoisotopic (exact) mass is 213 g/mol. The van der Waals surface area contributed by atoms with Gasteiger partial charge in [-0.1, -0.05) is 6.92 Å². The zero-order valence-corrected chi connectivity index (χ0v) is 8.06. The molecule has 0 aliphatic carbocycles. The SMILES string of the molecule is CC(CC(F)(F)F)NCC(C)C(=O)O. The third-order valence-corrected chi connectivity index (χ3v) is 1.73. The molecule has 0 fully saturated rings. The van der Waals surface area contributed by atoms with Gasteiger partial charge < -0.3 is 10.4 Å². The molecule has 0 aromatic carbocycles. The average Bonchev–Trinajstić information content (AvgIpc) is 1.96. The molecule has 3 nitrogen and oxygen atoms in total. The highest BCUT2D eigenvalue weighted by atomic mass is 19.4. The molecule has 2 N–H and O–H groups in total. The Kier molecular flexibility index (Phi) is 4.90. The summed E-state index contributed by atoms with van der Waals surface area (Å²) < 4.78 is 35.5. The predicted octanol–water partition coefficient (Wildman–Crippen LogP) is 1.64. The van der Waals surface area contributed by atoms with Crippen molar-refractivity contribution in [2.24, 2.45) is 5.92 Å². The van der Waals surface area contributed by atoms with Gasteiger partial charge in [-0.2, -0.15) is 13.2 Å². The van der Waals surface area contributed by atoms with Crippen LogP contribution in [0.15, 0.2) is 0 Å². The van der Waals surface area contributed by atoms with Gasteiger partial charge >= 0.3 is 12.1 Å². The minimum atomic E-state index is -4.21. The maximum atomic E-state index is 11.8. The summed E-state index contributed by atoms with van der Waals surface area (Å²) in [4.78, 5) is 10.3. The van der Waals surface area contributed by atoms with E-state index in [-0.39, 0.29) is 6.54 Å². The van der Waals surface area contributed by atoms with Crippen molar-refractivity contribution < 1.29 is 23.1 Å². The second-order valence-corrected chi connectivity index (χ2v) is 3.37. The van der Waals surface area contributed by atoms with Crippen LogP contribution in [-0.4, -0.2) is 29.8 Å². The summed E-state index contributed by atoms with van der Waals surface area (Å²) >= 11 is 0. The van der Waals surface area contributed by atoms with Crippen LogP contribution >= 0.6 is 0 Å². The summed E-state index contributed by atoms with van der Waals surface area (Å²) in [5.41, 5.74) is 0. The van der Waals surface area contributed by atoms with Gasteiger partial charge in [0.25, 0.3) is 0 Å². The number of carboxylic acid groups (broad SMARTS) is 1. The number of hydrogen-bond donors (Lipinski definition) is 2. The number of nitrogens with one attached hydrogen (secondary N) is 1. The molecule has 0 rings (SSSR count). The minimum Gasteiger partial charge on any atom is -0.481 e. The second kappa shape index (κ2) is 5.19. The van der Waals surface area contributed by atoms with Crippen LogP contribution in [0.4, 0.5) is 13.2 Å². The lowest BCUT2D eigenvalue weighted by molar-refractivity contribution is -0.141. The summed E-state index contributed by atoms with van der Waals surface area (Å²) in [7, 11) is 0. The third kappa shape index (κ3) is 6.71. The van der Waals surface area contributed by atoms with Crippen molar-refractivity contribution in [3.63, 3.8) is 0 Å². The molecule has 0 saturated carbocycles. The molecule has 0 aromatic heterocycles. The Balaban J connectivity index is 3.74. The smallest absolute Gasteiger partial charge is 0.390 e. The van der Waals surface area contributed by atoms with Gasteiger partial charge in [0.15, 0.2) is 0 Å². The molecule has 84 valence electrons. The summed E-state index contributed by atoms with van der Waals surface area (Å²) in [6.07, 6.45) is -5.15. The molecule has 2 atom stereocenters. The topological polar surface area (TPSA) is 49.3 Å². The van der Waals surface area contributed by atoms with Crippen molar-refractivity contribution in [2.75, 3.05) is 6.54 Å². The summed E-state index contributed by atoms with van der Waals surface area (Å²) in [5, 5.41) is 11.0. The van der Waals surface area contributed by atoms with Gasteiger partial charge in [-0.15, -0.1) is 0 Å². The van der Waals surface area contributed by atoms with E-state index in [2.05, 4.69) is 5.32 Å². The fourth-order valence-electron chi connectivity index (χ4n) is 0.885. The normalized spacial score (nSPS) is 16.4. The number of halogens is 3. The Labute approximate surface area is 80.3 Å². The average molecular weight is 213 g/mol. The van der Waals surface area contributed by atoms with Crippen LogP contribution in [0.3, 0.4) is 0 Å². The maximum Gasteiger partial charge on any atom is 0.390 e. The third-order valence-electron chi connectivity index (χ3n) is 1.73. The molecule has 0 radical (unpaired) electrons. The molecule has 0 saturated heterocycles. The molecule has 14 heavy (non-hydrogen) atoms. The van der Waals surface area contributed by atoms with Crippen LogP contribution in [0.1, 0.15) is 20.3 Å². The summed E-state index contributed by atoms with van der Waals surface area (Å²) in [5.74, 6) is -1.69. The van der Waals surface area contributed by atoms with Crippen molar-refractivity contribution in [3.8, 4) is 0 Å². The Morgan fingerprint density at radius 3 is 2.29 bits per heavy atom. The maximum absolute atomic E-state index is 11.8. The van der Waals surface area contributed by atoms with E-state index in [4.69, 9.17) is 5.11 Å². The van der Waals surface area contributed by atoms with E-state index in [1.165, 1.54) is 13.8 Å². The Morgan fingerprint density at radius 2 is 1.93 bits per heavy atom. The van der Waals surface area contributed by atoms with Gasteiger partial charge in [-0.3, -0.25) is 4.79 Å². The number of carbonyl (C=O) groups is 1. The number of carboxylic acids is 1. The van der Waals surface area contributed by atoms with E-state index in [0.29, 0.717) is 0 Å². The van der Waals surface area contributed by atoms with Crippen LogP contribution in [0.2, 0.25) is 0 Å². The fraction of sp³-hybridized carbons (Fsp3) is 0.875. The zero-order valence-electron chi connectivity index (χ0n) is 8.06. The highest BCUT2D eigenvalue weighted by Gasteiger charge is 2.30. The largest absolute Gasteiger partial charge is 0.481 e. The molecular weight excluding hydrogens is 199 g/mol. The van der Waals surface area contributed by atoms with Crippen molar-refractivity contribution >= 4 is 5.97 Å². The molecule has 0 bridgehead atoms. The van der Waals surface area contributed by atoms with Crippen LogP contribution in [-0.2, 0) is 4.79 Å². The molecule has 6 heteroatoms.